The molecule has 0 bridgehead atoms. The number of aromatic amines is 1. The summed E-state index contributed by atoms with van der Waals surface area (Å²) in [6.45, 7) is 1.36. The van der Waals surface area contributed by atoms with Crippen molar-refractivity contribution in [2.24, 2.45) is 0 Å². The van der Waals surface area contributed by atoms with Crippen LogP contribution in [0.1, 0.15) is 16.8 Å². The molecule has 0 amide bonds. The molecular formula is C17H14ClFN6O. The molecule has 0 atom stereocenters. The Morgan fingerprint density at radius 3 is 2.88 bits per heavy atom. The maximum Gasteiger partial charge on any atom is 0.255 e. The van der Waals surface area contributed by atoms with Gasteiger partial charge in [-0.3, -0.25) is 9.69 Å². The Morgan fingerprint density at radius 1 is 1.27 bits per heavy atom. The minimum atomic E-state index is -0.549. The number of hydrogen-bond acceptors (Lipinski definition) is 6. The molecule has 0 saturated heterocycles. The molecule has 1 N–H and O–H groups in total. The Balaban J connectivity index is 1.59. The van der Waals surface area contributed by atoms with Gasteiger partial charge in [-0.15, -0.1) is 0 Å². The van der Waals surface area contributed by atoms with E-state index in [0.717, 1.165) is 5.69 Å². The van der Waals surface area contributed by atoms with E-state index in [1.165, 1.54) is 12.5 Å². The normalized spacial score (nSPS) is 14.2. The highest BCUT2D eigenvalue weighted by Crippen LogP contribution is 2.21. The summed E-state index contributed by atoms with van der Waals surface area (Å²) >= 11 is 5.89. The van der Waals surface area contributed by atoms with E-state index in [1.54, 1.807) is 18.5 Å². The van der Waals surface area contributed by atoms with Gasteiger partial charge < -0.3 is 4.98 Å². The van der Waals surface area contributed by atoms with Crippen LogP contribution in [0.4, 0.5) is 4.39 Å². The quantitative estimate of drug-likeness (QED) is 0.707. The molecule has 0 radical (unpaired) electrons. The third kappa shape index (κ3) is 3.33. The zero-order chi connectivity index (χ0) is 18.1. The van der Waals surface area contributed by atoms with Crippen LogP contribution in [0.3, 0.4) is 0 Å². The van der Waals surface area contributed by atoms with Gasteiger partial charge in [0.05, 0.1) is 21.8 Å². The molecule has 0 fully saturated rings. The van der Waals surface area contributed by atoms with Crippen LogP contribution in [0, 0.1) is 5.95 Å². The molecule has 0 unspecified atom stereocenters. The highest BCUT2D eigenvalue weighted by Gasteiger charge is 2.22. The average molecular weight is 373 g/mol. The van der Waals surface area contributed by atoms with Crippen molar-refractivity contribution in [3.8, 4) is 11.4 Å². The number of pyridine rings is 1. The SMILES string of the molecule is O=c1[nH]c(-c2cncnc2)nc2c1CN(Cc1cc(Cl)cnc1F)CC2. The summed E-state index contributed by atoms with van der Waals surface area (Å²) < 4.78 is 13.9. The second-order valence-corrected chi connectivity index (χ2v) is 6.47. The van der Waals surface area contributed by atoms with Crippen molar-refractivity contribution in [2.45, 2.75) is 19.5 Å². The second-order valence-electron chi connectivity index (χ2n) is 6.03. The topological polar surface area (TPSA) is 87.7 Å². The smallest absolute Gasteiger partial charge is 0.255 e. The van der Waals surface area contributed by atoms with E-state index in [1.807, 2.05) is 4.90 Å². The fourth-order valence-corrected chi connectivity index (χ4v) is 3.17. The molecule has 132 valence electrons. The molecule has 7 nitrogen and oxygen atoms in total. The summed E-state index contributed by atoms with van der Waals surface area (Å²) in [6, 6.07) is 1.56. The predicted octanol–water partition coefficient (Wildman–Crippen LogP) is 1.97. The van der Waals surface area contributed by atoms with Gasteiger partial charge in [-0.25, -0.2) is 19.9 Å². The first-order chi connectivity index (χ1) is 12.6. The van der Waals surface area contributed by atoms with Crippen molar-refractivity contribution in [1.82, 2.24) is 29.8 Å². The van der Waals surface area contributed by atoms with Gasteiger partial charge in [-0.1, -0.05) is 11.6 Å². The monoisotopic (exact) mass is 372 g/mol. The molecular weight excluding hydrogens is 359 g/mol. The van der Waals surface area contributed by atoms with Gasteiger partial charge in [0.25, 0.3) is 5.56 Å². The summed E-state index contributed by atoms with van der Waals surface area (Å²) in [5, 5.41) is 0.382. The molecule has 1 aliphatic heterocycles. The standard InChI is InChI=1S/C17H14ClFN6O/c18-12-3-10(15(19)22-6-12)7-25-2-1-14-13(8-25)17(26)24-16(23-14)11-4-20-9-21-5-11/h3-6,9H,1-2,7-8H2,(H,23,24,26). The number of rotatable bonds is 3. The van der Waals surface area contributed by atoms with Crippen LogP contribution in [-0.2, 0) is 19.5 Å². The first kappa shape index (κ1) is 16.7. The maximum absolute atomic E-state index is 13.9. The van der Waals surface area contributed by atoms with Crippen LogP contribution >= 0.6 is 11.6 Å². The molecule has 9 heteroatoms. The molecule has 4 rings (SSSR count). The van der Waals surface area contributed by atoms with Crippen LogP contribution < -0.4 is 5.56 Å². The van der Waals surface area contributed by atoms with Gasteiger partial charge in [-0.2, -0.15) is 4.39 Å². The number of H-pyrrole nitrogens is 1. The minimum absolute atomic E-state index is 0.205. The van der Waals surface area contributed by atoms with Gasteiger partial charge in [0.2, 0.25) is 5.95 Å². The van der Waals surface area contributed by atoms with Crippen molar-refractivity contribution < 1.29 is 4.39 Å². The first-order valence-corrected chi connectivity index (χ1v) is 8.37. The Morgan fingerprint density at radius 2 is 2.08 bits per heavy atom. The second kappa shape index (κ2) is 6.89. The Labute approximate surface area is 152 Å². The van der Waals surface area contributed by atoms with Crippen molar-refractivity contribution >= 4 is 11.6 Å². The van der Waals surface area contributed by atoms with Crippen LogP contribution in [0.25, 0.3) is 11.4 Å². The summed E-state index contributed by atoms with van der Waals surface area (Å²) in [5.41, 5.74) is 2.19. The van der Waals surface area contributed by atoms with E-state index in [-0.39, 0.29) is 5.56 Å². The zero-order valence-corrected chi connectivity index (χ0v) is 14.4. The van der Waals surface area contributed by atoms with Crippen molar-refractivity contribution in [3.63, 3.8) is 0 Å². The van der Waals surface area contributed by atoms with Crippen LogP contribution in [0.5, 0.6) is 0 Å². The molecule has 26 heavy (non-hydrogen) atoms. The van der Waals surface area contributed by atoms with E-state index >= 15 is 0 Å². The number of halogens is 2. The minimum Gasteiger partial charge on any atom is -0.306 e. The molecule has 3 aromatic rings. The fraction of sp³-hybridized carbons (Fsp3) is 0.235. The number of hydrogen-bond donors (Lipinski definition) is 1. The Hall–Kier alpha value is -2.71. The fourth-order valence-electron chi connectivity index (χ4n) is 2.99. The highest BCUT2D eigenvalue weighted by molar-refractivity contribution is 6.30. The third-order valence-corrected chi connectivity index (χ3v) is 4.46. The van der Waals surface area contributed by atoms with Gasteiger partial charge in [0.1, 0.15) is 12.2 Å². The van der Waals surface area contributed by atoms with Crippen molar-refractivity contribution in [3.05, 3.63) is 69.1 Å². The average Bonchev–Trinajstić information content (AvgIpc) is 2.66. The molecule has 1 aliphatic rings. The van der Waals surface area contributed by atoms with E-state index in [9.17, 15) is 9.18 Å². The summed E-state index contributed by atoms with van der Waals surface area (Å²) in [6.07, 6.45) is 6.48. The number of fused-ring (bicyclic) bond motifs is 1. The number of nitrogens with one attached hydrogen (secondary N) is 1. The van der Waals surface area contributed by atoms with Crippen molar-refractivity contribution in [2.75, 3.05) is 6.54 Å². The largest absolute Gasteiger partial charge is 0.306 e. The first-order valence-electron chi connectivity index (χ1n) is 8.00. The van der Waals surface area contributed by atoms with Gasteiger partial charge in [-0.05, 0) is 6.07 Å². The Bertz CT molecular complexity index is 1010. The molecule has 0 aliphatic carbocycles. The van der Waals surface area contributed by atoms with E-state index < -0.39 is 5.95 Å². The maximum atomic E-state index is 13.9. The number of aromatic nitrogens is 5. The van der Waals surface area contributed by atoms with Crippen LogP contribution in [0.2, 0.25) is 5.02 Å². The van der Waals surface area contributed by atoms with E-state index in [4.69, 9.17) is 11.6 Å². The molecule has 3 aromatic heterocycles. The molecule has 0 spiro atoms. The summed E-state index contributed by atoms with van der Waals surface area (Å²) in [5.74, 6) is -0.0976. The van der Waals surface area contributed by atoms with Gasteiger partial charge in [0, 0.05) is 50.2 Å². The van der Waals surface area contributed by atoms with E-state index in [2.05, 4.69) is 24.9 Å². The molecule has 0 saturated carbocycles. The predicted molar refractivity (Wildman–Crippen MR) is 92.9 cm³/mol. The lowest BCUT2D eigenvalue weighted by atomic mass is 10.1. The van der Waals surface area contributed by atoms with Gasteiger partial charge in [0.15, 0.2) is 0 Å². The molecule has 0 aromatic carbocycles. The lowest BCUT2D eigenvalue weighted by molar-refractivity contribution is 0.237. The van der Waals surface area contributed by atoms with Crippen LogP contribution in [-0.4, -0.2) is 36.4 Å². The summed E-state index contributed by atoms with van der Waals surface area (Å²) in [7, 11) is 0. The molecule has 4 heterocycles. The van der Waals surface area contributed by atoms with Crippen molar-refractivity contribution in [1.29, 1.82) is 0 Å². The Kier molecular flexibility index (Phi) is 4.44. The lowest BCUT2D eigenvalue weighted by Crippen LogP contribution is -2.35. The van der Waals surface area contributed by atoms with E-state index in [0.29, 0.717) is 53.6 Å². The van der Waals surface area contributed by atoms with Crippen LogP contribution in [0.15, 0.2) is 35.8 Å². The third-order valence-electron chi connectivity index (χ3n) is 4.25. The summed E-state index contributed by atoms with van der Waals surface area (Å²) in [4.78, 5) is 33.3. The zero-order valence-electron chi connectivity index (χ0n) is 13.6. The highest BCUT2D eigenvalue weighted by atomic mass is 35.5. The number of nitrogens with zero attached hydrogens (tertiary/aromatic N) is 5. The van der Waals surface area contributed by atoms with Gasteiger partial charge >= 0.3 is 0 Å². The lowest BCUT2D eigenvalue weighted by Gasteiger charge is -2.27.